The highest BCUT2D eigenvalue weighted by Gasteiger charge is 2.33. The van der Waals surface area contributed by atoms with E-state index in [9.17, 15) is 14.7 Å². The van der Waals surface area contributed by atoms with Gasteiger partial charge in [-0.25, -0.2) is 9.59 Å². The van der Waals surface area contributed by atoms with Crippen LogP contribution in [0.1, 0.15) is 34.6 Å². The van der Waals surface area contributed by atoms with Gasteiger partial charge in [-0.3, -0.25) is 0 Å². The Balaban J connectivity index is 4.32. The fraction of sp³-hybridized carbons (Fsp3) is 0.800. The molecule has 0 aliphatic carbocycles. The molecule has 3 N–H and O–H groups in total. The summed E-state index contributed by atoms with van der Waals surface area (Å²) >= 11 is 0. The lowest BCUT2D eigenvalue weighted by molar-refractivity contribution is -0.148. The minimum Gasteiger partial charge on any atom is -0.428 e. The number of esters is 1. The first-order valence-corrected chi connectivity index (χ1v) is 4.86. The average molecular weight is 233 g/mol. The van der Waals surface area contributed by atoms with E-state index in [2.05, 4.69) is 4.74 Å². The van der Waals surface area contributed by atoms with Crippen molar-refractivity contribution >= 4 is 12.1 Å². The molecule has 0 spiro atoms. The minimum atomic E-state index is -1.46. The van der Waals surface area contributed by atoms with E-state index < -0.39 is 29.4 Å². The highest BCUT2D eigenvalue weighted by atomic mass is 16.7. The second-order valence-electron chi connectivity index (χ2n) is 5.02. The molecule has 6 heteroatoms. The third kappa shape index (κ3) is 5.67. The molecule has 0 saturated carbocycles. The monoisotopic (exact) mass is 233 g/mol. The molecule has 0 saturated heterocycles. The van der Waals surface area contributed by atoms with E-state index in [-0.39, 0.29) is 0 Å². The number of hydrogen-bond donors (Lipinski definition) is 2. The predicted octanol–water partition coefficient (Wildman–Crippen LogP) is 0.563. The normalized spacial score (nSPS) is 14.2. The van der Waals surface area contributed by atoms with Crippen LogP contribution in [0.15, 0.2) is 0 Å². The Morgan fingerprint density at radius 3 is 1.94 bits per heavy atom. The van der Waals surface area contributed by atoms with Crippen molar-refractivity contribution in [3.05, 3.63) is 0 Å². The van der Waals surface area contributed by atoms with E-state index >= 15 is 0 Å². The zero-order chi connectivity index (χ0) is 13.1. The van der Waals surface area contributed by atoms with Crippen LogP contribution < -0.4 is 5.73 Å². The van der Waals surface area contributed by atoms with Crippen molar-refractivity contribution < 1.29 is 24.2 Å². The van der Waals surface area contributed by atoms with Crippen molar-refractivity contribution in [1.82, 2.24) is 0 Å². The molecule has 94 valence electrons. The van der Waals surface area contributed by atoms with Gasteiger partial charge in [0.15, 0.2) is 0 Å². The van der Waals surface area contributed by atoms with Crippen molar-refractivity contribution in [1.29, 1.82) is 0 Å². The molecule has 0 rings (SSSR count). The summed E-state index contributed by atoms with van der Waals surface area (Å²) in [5.41, 5.74) is 3.16. The first kappa shape index (κ1) is 14.9. The third-order valence-electron chi connectivity index (χ3n) is 1.59. The standard InChI is InChI=1S/C10H19NO5/c1-9(2,3)16-8(13)15-7(12)6(11)10(4,5)14/h6,14H,11H2,1-5H3/t6-/m1/s1. The second-order valence-corrected chi connectivity index (χ2v) is 5.02. The molecule has 0 heterocycles. The van der Waals surface area contributed by atoms with Gasteiger partial charge in [0.2, 0.25) is 0 Å². The number of ether oxygens (including phenoxy) is 2. The first-order chi connectivity index (χ1) is 6.93. The second kappa shape index (κ2) is 4.80. The Morgan fingerprint density at radius 2 is 1.62 bits per heavy atom. The largest absolute Gasteiger partial charge is 0.516 e. The molecule has 0 bridgehead atoms. The van der Waals surface area contributed by atoms with E-state index in [1.807, 2.05) is 0 Å². The molecule has 16 heavy (non-hydrogen) atoms. The molecule has 0 aliphatic rings. The summed E-state index contributed by atoms with van der Waals surface area (Å²) in [6.07, 6.45) is -1.13. The summed E-state index contributed by atoms with van der Waals surface area (Å²) < 4.78 is 9.08. The topological polar surface area (TPSA) is 98.9 Å². The van der Waals surface area contributed by atoms with Crippen LogP contribution in [0.4, 0.5) is 4.79 Å². The molecule has 0 unspecified atom stereocenters. The fourth-order valence-electron chi connectivity index (χ4n) is 0.705. The number of hydrogen-bond acceptors (Lipinski definition) is 6. The number of carbonyl (C=O) groups excluding carboxylic acids is 2. The maximum atomic E-state index is 11.3. The Bertz CT molecular complexity index is 274. The summed E-state index contributed by atoms with van der Waals surface area (Å²) in [5, 5.41) is 9.42. The van der Waals surface area contributed by atoms with Gasteiger partial charge in [-0.2, -0.15) is 0 Å². The summed E-state index contributed by atoms with van der Waals surface area (Å²) in [6.45, 7) is 7.58. The van der Waals surface area contributed by atoms with Crippen LogP contribution >= 0.6 is 0 Å². The first-order valence-electron chi connectivity index (χ1n) is 4.86. The molecule has 0 aromatic carbocycles. The van der Waals surface area contributed by atoms with Crippen molar-refractivity contribution in [2.45, 2.75) is 51.9 Å². The Morgan fingerprint density at radius 1 is 1.19 bits per heavy atom. The van der Waals surface area contributed by atoms with Crippen molar-refractivity contribution in [2.75, 3.05) is 0 Å². The van der Waals surface area contributed by atoms with Gasteiger partial charge in [0, 0.05) is 0 Å². The molecular formula is C10H19NO5. The number of carbonyl (C=O) groups is 2. The zero-order valence-electron chi connectivity index (χ0n) is 10.2. The third-order valence-corrected chi connectivity index (χ3v) is 1.59. The molecule has 6 nitrogen and oxygen atoms in total. The molecule has 0 amide bonds. The van der Waals surface area contributed by atoms with Crippen molar-refractivity contribution in [2.24, 2.45) is 5.73 Å². The average Bonchev–Trinajstić information content (AvgIpc) is 1.96. The smallest absolute Gasteiger partial charge is 0.428 e. The van der Waals surface area contributed by atoms with Crippen LogP contribution in [0, 0.1) is 0 Å². The van der Waals surface area contributed by atoms with Crippen LogP contribution in [-0.2, 0) is 14.3 Å². The lowest BCUT2D eigenvalue weighted by atomic mass is 10.0. The lowest BCUT2D eigenvalue weighted by Gasteiger charge is -2.24. The van der Waals surface area contributed by atoms with Gasteiger partial charge in [0.25, 0.3) is 0 Å². The van der Waals surface area contributed by atoms with Gasteiger partial charge in [-0.1, -0.05) is 0 Å². The Kier molecular flexibility index (Phi) is 4.45. The van der Waals surface area contributed by atoms with E-state index in [0.29, 0.717) is 0 Å². The van der Waals surface area contributed by atoms with E-state index in [0.717, 1.165) is 0 Å². The van der Waals surface area contributed by atoms with Crippen LogP contribution in [0.3, 0.4) is 0 Å². The van der Waals surface area contributed by atoms with Crippen LogP contribution in [0.2, 0.25) is 0 Å². The predicted molar refractivity (Wildman–Crippen MR) is 56.6 cm³/mol. The van der Waals surface area contributed by atoms with Crippen molar-refractivity contribution in [3.8, 4) is 0 Å². The van der Waals surface area contributed by atoms with Gasteiger partial charge in [0.05, 0.1) is 5.60 Å². The van der Waals surface area contributed by atoms with Crippen LogP contribution in [0.5, 0.6) is 0 Å². The molecule has 0 radical (unpaired) electrons. The maximum Gasteiger partial charge on any atom is 0.516 e. The lowest BCUT2D eigenvalue weighted by Crippen LogP contribution is -2.50. The fourth-order valence-corrected chi connectivity index (χ4v) is 0.705. The molecule has 0 aliphatic heterocycles. The number of nitrogens with two attached hydrogens (primary N) is 1. The molecule has 0 aromatic rings. The summed E-state index contributed by atoms with van der Waals surface area (Å²) in [7, 11) is 0. The molecular weight excluding hydrogens is 214 g/mol. The van der Waals surface area contributed by atoms with E-state index in [4.69, 9.17) is 10.5 Å². The molecule has 0 aromatic heterocycles. The van der Waals surface area contributed by atoms with E-state index in [1.54, 1.807) is 20.8 Å². The van der Waals surface area contributed by atoms with Gasteiger partial charge in [-0.15, -0.1) is 0 Å². The molecule has 1 atom stereocenters. The number of aliphatic hydroxyl groups is 1. The maximum absolute atomic E-state index is 11.3. The Labute approximate surface area is 94.7 Å². The summed E-state index contributed by atoms with van der Waals surface area (Å²) in [4.78, 5) is 22.4. The minimum absolute atomic E-state index is 0.754. The number of rotatable bonds is 2. The van der Waals surface area contributed by atoms with E-state index in [1.165, 1.54) is 13.8 Å². The van der Waals surface area contributed by atoms with Gasteiger partial charge < -0.3 is 20.3 Å². The summed E-state index contributed by atoms with van der Waals surface area (Å²) in [5.74, 6) is -1.03. The SMILES string of the molecule is CC(C)(C)OC(=O)OC(=O)[C@@H](N)C(C)(C)O. The van der Waals surface area contributed by atoms with Crippen LogP contribution in [-0.4, -0.2) is 34.5 Å². The Hall–Kier alpha value is -1.14. The highest BCUT2D eigenvalue weighted by molar-refractivity contribution is 5.86. The van der Waals surface area contributed by atoms with Gasteiger partial charge in [0.1, 0.15) is 11.6 Å². The highest BCUT2D eigenvalue weighted by Crippen LogP contribution is 2.11. The zero-order valence-corrected chi connectivity index (χ0v) is 10.2. The quantitative estimate of drug-likeness (QED) is 0.534. The van der Waals surface area contributed by atoms with Crippen LogP contribution in [0.25, 0.3) is 0 Å². The van der Waals surface area contributed by atoms with Gasteiger partial charge in [-0.05, 0) is 34.6 Å². The molecule has 0 fully saturated rings. The summed E-state index contributed by atoms with van der Waals surface area (Å²) in [6, 6.07) is -1.31. The van der Waals surface area contributed by atoms with Gasteiger partial charge >= 0.3 is 12.1 Å². The van der Waals surface area contributed by atoms with Crippen molar-refractivity contribution in [3.63, 3.8) is 0 Å².